The van der Waals surface area contributed by atoms with Crippen LogP contribution in [-0.4, -0.2) is 42.1 Å². The molecule has 1 fully saturated rings. The van der Waals surface area contributed by atoms with Gasteiger partial charge in [0.15, 0.2) is 0 Å². The molecule has 0 spiro atoms. The summed E-state index contributed by atoms with van der Waals surface area (Å²) in [4.78, 5) is 28.3. The molecule has 13 heteroatoms. The Kier molecular flexibility index (Phi) is 7.30. The number of nitrogens with two attached hydrogens (primary N) is 1. The molecule has 4 N–H and O–H groups in total. The minimum absolute atomic E-state index is 0. The van der Waals surface area contributed by atoms with Crippen molar-refractivity contribution in [3.8, 4) is 0 Å². The van der Waals surface area contributed by atoms with E-state index >= 15 is 0 Å². The molecular weight excluding hydrogens is 445 g/mol. The number of rotatable bonds is 5. The summed E-state index contributed by atoms with van der Waals surface area (Å²) in [7, 11) is -4.19. The number of primary amides is 1. The first-order valence-corrected chi connectivity index (χ1v) is 10.6. The Hall–Kier alpha value is -2.12. The standard InChI is InChI=1S/C15H15ClFN5O4S2.CH4/c16-9-5-8(1-2-10(9)17)20-14(24)12-6-11(15-19-3-4-27-15)21-28(25,26)22(12)7-13(18)23;/h1-5,11-12,21H,6-7H2,(H2,18,23)(H,20,24);1H4. The van der Waals surface area contributed by atoms with E-state index in [0.29, 0.717) is 9.31 Å². The van der Waals surface area contributed by atoms with Crippen LogP contribution in [0.5, 0.6) is 0 Å². The molecule has 0 aliphatic carbocycles. The number of hydrogen-bond acceptors (Lipinski definition) is 6. The predicted octanol–water partition coefficient (Wildman–Crippen LogP) is 1.65. The van der Waals surface area contributed by atoms with Gasteiger partial charge in [-0.2, -0.15) is 17.4 Å². The summed E-state index contributed by atoms with van der Waals surface area (Å²) in [5.74, 6) is -2.29. The zero-order valence-electron chi connectivity index (χ0n) is 14.1. The summed E-state index contributed by atoms with van der Waals surface area (Å²) in [6.07, 6.45) is 1.53. The van der Waals surface area contributed by atoms with E-state index in [0.717, 1.165) is 6.07 Å². The number of carbonyl (C=O) groups is 2. The second-order valence-corrected chi connectivity index (χ2v) is 8.92. The van der Waals surface area contributed by atoms with Crippen molar-refractivity contribution in [3.05, 3.63) is 45.6 Å². The maximum absolute atomic E-state index is 13.3. The van der Waals surface area contributed by atoms with Crippen molar-refractivity contribution in [2.75, 3.05) is 11.9 Å². The van der Waals surface area contributed by atoms with E-state index in [9.17, 15) is 22.4 Å². The number of halogens is 2. The summed E-state index contributed by atoms with van der Waals surface area (Å²) in [5, 5.41) is 4.44. The topological polar surface area (TPSA) is 134 Å². The van der Waals surface area contributed by atoms with Crippen LogP contribution < -0.4 is 15.8 Å². The van der Waals surface area contributed by atoms with Crippen molar-refractivity contribution < 1.29 is 22.4 Å². The molecule has 2 amide bonds. The highest BCUT2D eigenvalue weighted by Crippen LogP contribution is 2.30. The summed E-state index contributed by atoms with van der Waals surface area (Å²) in [6, 6.07) is 1.56. The van der Waals surface area contributed by atoms with Gasteiger partial charge in [-0.25, -0.2) is 9.37 Å². The summed E-state index contributed by atoms with van der Waals surface area (Å²) in [5.41, 5.74) is 5.33. The first-order valence-electron chi connectivity index (χ1n) is 7.90. The summed E-state index contributed by atoms with van der Waals surface area (Å²) >= 11 is 6.93. The second kappa shape index (κ2) is 9.13. The fourth-order valence-corrected chi connectivity index (χ4v) is 5.22. The van der Waals surface area contributed by atoms with Gasteiger partial charge in [0, 0.05) is 17.3 Å². The van der Waals surface area contributed by atoms with Gasteiger partial charge in [-0.1, -0.05) is 19.0 Å². The number of nitrogens with one attached hydrogen (secondary N) is 2. The smallest absolute Gasteiger partial charge is 0.281 e. The number of benzene rings is 1. The Morgan fingerprint density at radius 1 is 1.45 bits per heavy atom. The van der Waals surface area contributed by atoms with Gasteiger partial charge in [-0.15, -0.1) is 11.3 Å². The SMILES string of the molecule is C.NC(=O)CN1C(C(=O)Nc2ccc(F)c(Cl)c2)CC(c2nccs2)NS1(=O)=O. The molecular formula is C16H19ClFN5O4S2. The van der Waals surface area contributed by atoms with Crippen molar-refractivity contribution in [2.24, 2.45) is 5.73 Å². The van der Waals surface area contributed by atoms with E-state index < -0.39 is 46.5 Å². The molecule has 1 saturated heterocycles. The minimum Gasteiger partial charge on any atom is -0.369 e. The minimum atomic E-state index is -4.19. The van der Waals surface area contributed by atoms with Crippen LogP contribution in [0.15, 0.2) is 29.8 Å². The first kappa shape index (κ1) is 23.2. The van der Waals surface area contributed by atoms with Crippen LogP contribution in [0.4, 0.5) is 10.1 Å². The van der Waals surface area contributed by atoms with Gasteiger partial charge in [0.2, 0.25) is 11.8 Å². The van der Waals surface area contributed by atoms with Gasteiger partial charge in [-0.3, -0.25) is 9.59 Å². The van der Waals surface area contributed by atoms with Crippen molar-refractivity contribution in [3.63, 3.8) is 0 Å². The molecule has 2 atom stereocenters. The highest BCUT2D eigenvalue weighted by atomic mass is 35.5. The third kappa shape index (κ3) is 5.28. The maximum atomic E-state index is 13.3. The van der Waals surface area contributed by atoms with Gasteiger partial charge >= 0.3 is 0 Å². The Bertz CT molecular complexity index is 1000. The largest absolute Gasteiger partial charge is 0.369 e. The van der Waals surface area contributed by atoms with Crippen LogP contribution in [0, 0.1) is 5.82 Å². The highest BCUT2D eigenvalue weighted by Gasteiger charge is 2.44. The van der Waals surface area contributed by atoms with E-state index in [4.69, 9.17) is 17.3 Å². The number of thiazole rings is 1. The third-order valence-corrected chi connectivity index (χ3v) is 6.72. The van der Waals surface area contributed by atoms with Crippen molar-refractivity contribution >= 4 is 50.6 Å². The Labute approximate surface area is 176 Å². The van der Waals surface area contributed by atoms with Gasteiger partial charge < -0.3 is 11.1 Å². The number of anilines is 1. The van der Waals surface area contributed by atoms with E-state index in [1.54, 1.807) is 5.38 Å². The molecule has 1 aliphatic heterocycles. The molecule has 2 heterocycles. The number of carbonyl (C=O) groups excluding carboxylic acids is 2. The lowest BCUT2D eigenvalue weighted by molar-refractivity contribution is -0.122. The summed E-state index contributed by atoms with van der Waals surface area (Å²) in [6.45, 7) is -0.678. The van der Waals surface area contributed by atoms with E-state index in [2.05, 4.69) is 15.0 Å². The van der Waals surface area contributed by atoms with Gasteiger partial charge in [0.05, 0.1) is 17.6 Å². The second-order valence-electron chi connectivity index (χ2n) is 5.93. The number of hydrogen-bond donors (Lipinski definition) is 3. The Morgan fingerprint density at radius 3 is 2.76 bits per heavy atom. The molecule has 158 valence electrons. The predicted molar refractivity (Wildman–Crippen MR) is 108 cm³/mol. The molecule has 29 heavy (non-hydrogen) atoms. The monoisotopic (exact) mass is 463 g/mol. The van der Waals surface area contributed by atoms with Crippen LogP contribution >= 0.6 is 22.9 Å². The van der Waals surface area contributed by atoms with Crippen LogP contribution in [-0.2, 0) is 19.8 Å². The van der Waals surface area contributed by atoms with Crippen molar-refractivity contribution in [1.29, 1.82) is 0 Å². The number of aromatic nitrogens is 1. The summed E-state index contributed by atoms with van der Waals surface area (Å²) < 4.78 is 41.7. The quantitative estimate of drug-likeness (QED) is 0.619. The molecule has 2 aromatic rings. The molecule has 2 unspecified atom stereocenters. The van der Waals surface area contributed by atoms with Gasteiger partial charge in [0.25, 0.3) is 10.2 Å². The fourth-order valence-electron chi connectivity index (χ4n) is 2.75. The van der Waals surface area contributed by atoms with E-state index in [-0.39, 0.29) is 24.6 Å². The molecule has 3 rings (SSSR count). The molecule has 0 bridgehead atoms. The average Bonchev–Trinajstić information content (AvgIpc) is 3.13. The molecule has 9 nitrogen and oxygen atoms in total. The third-order valence-electron chi connectivity index (χ3n) is 3.96. The normalized spacial score (nSPS) is 21.2. The van der Waals surface area contributed by atoms with E-state index in [1.807, 2.05) is 0 Å². The lowest BCUT2D eigenvalue weighted by atomic mass is 10.1. The highest BCUT2D eigenvalue weighted by molar-refractivity contribution is 7.87. The zero-order chi connectivity index (χ0) is 20.5. The molecule has 1 aromatic carbocycles. The first-order chi connectivity index (χ1) is 13.2. The number of amides is 2. The Balaban J connectivity index is 0.00000300. The molecule has 1 aliphatic rings. The van der Waals surface area contributed by atoms with Crippen molar-refractivity contribution in [1.82, 2.24) is 14.0 Å². The van der Waals surface area contributed by atoms with Crippen LogP contribution in [0.3, 0.4) is 0 Å². The molecule has 1 aromatic heterocycles. The van der Waals surface area contributed by atoms with Gasteiger partial charge in [-0.05, 0) is 24.6 Å². The fraction of sp³-hybridized carbons (Fsp3) is 0.312. The molecule has 0 radical (unpaired) electrons. The van der Waals surface area contributed by atoms with Crippen molar-refractivity contribution in [2.45, 2.75) is 25.9 Å². The average molecular weight is 464 g/mol. The maximum Gasteiger partial charge on any atom is 0.281 e. The zero-order valence-corrected chi connectivity index (χ0v) is 16.5. The Morgan fingerprint density at radius 2 is 2.17 bits per heavy atom. The lowest BCUT2D eigenvalue weighted by Crippen LogP contribution is -2.59. The van der Waals surface area contributed by atoms with Crippen LogP contribution in [0.2, 0.25) is 5.02 Å². The number of nitrogens with zero attached hydrogens (tertiary/aromatic N) is 2. The lowest BCUT2D eigenvalue weighted by Gasteiger charge is -2.36. The molecule has 0 saturated carbocycles. The van der Waals surface area contributed by atoms with E-state index in [1.165, 1.54) is 29.7 Å². The van der Waals surface area contributed by atoms with Gasteiger partial charge in [0.1, 0.15) is 16.9 Å². The van der Waals surface area contributed by atoms with Crippen LogP contribution in [0.1, 0.15) is 24.9 Å². The van der Waals surface area contributed by atoms with Crippen LogP contribution in [0.25, 0.3) is 0 Å².